The van der Waals surface area contributed by atoms with Crippen LogP contribution in [0.15, 0.2) is 42.9 Å². The Morgan fingerprint density at radius 3 is 2.69 bits per heavy atom. The van der Waals surface area contributed by atoms with Crippen LogP contribution in [0.25, 0.3) is 11.0 Å². The topological polar surface area (TPSA) is 113 Å². The number of anilines is 4. The highest BCUT2D eigenvalue weighted by molar-refractivity contribution is 6.04. The number of hydrogen-bond acceptors (Lipinski definition) is 8. The van der Waals surface area contributed by atoms with Crippen molar-refractivity contribution < 1.29 is 4.79 Å². The quantitative estimate of drug-likeness (QED) is 0.286. The van der Waals surface area contributed by atoms with Crippen molar-refractivity contribution in [2.45, 2.75) is 26.7 Å². The summed E-state index contributed by atoms with van der Waals surface area (Å²) < 4.78 is 1.74. The number of nitrogens with zero attached hydrogens (tertiary/aromatic N) is 6. The summed E-state index contributed by atoms with van der Waals surface area (Å²) in [6.45, 7) is 5.78. The maximum atomic E-state index is 12.7. The summed E-state index contributed by atoms with van der Waals surface area (Å²) in [5, 5.41) is 15.1. The van der Waals surface area contributed by atoms with Crippen LogP contribution in [0.3, 0.4) is 0 Å². The number of benzene rings is 1. The number of fused-ring (bicyclic) bond motifs is 1. The fraction of sp³-hybridized carbons (Fsp3) is 0.346. The van der Waals surface area contributed by atoms with Crippen LogP contribution >= 0.6 is 0 Å². The van der Waals surface area contributed by atoms with E-state index in [2.05, 4.69) is 55.0 Å². The van der Waals surface area contributed by atoms with E-state index in [9.17, 15) is 4.79 Å². The lowest BCUT2D eigenvalue weighted by Gasteiger charge is -2.11. The lowest BCUT2D eigenvalue weighted by molar-refractivity contribution is 0.102. The Morgan fingerprint density at radius 1 is 1.08 bits per heavy atom. The molecule has 1 aromatic carbocycles. The molecule has 188 valence electrons. The third-order valence-electron chi connectivity index (χ3n) is 5.78. The van der Waals surface area contributed by atoms with Gasteiger partial charge in [-0.2, -0.15) is 10.1 Å². The van der Waals surface area contributed by atoms with Crippen LogP contribution in [0.2, 0.25) is 0 Å². The van der Waals surface area contributed by atoms with Crippen LogP contribution in [0.5, 0.6) is 0 Å². The van der Waals surface area contributed by atoms with Gasteiger partial charge in [0.25, 0.3) is 5.91 Å². The van der Waals surface area contributed by atoms with Gasteiger partial charge in [0.2, 0.25) is 5.95 Å². The predicted octanol–water partition coefficient (Wildman–Crippen LogP) is 4.12. The zero-order valence-corrected chi connectivity index (χ0v) is 21.5. The maximum absolute atomic E-state index is 12.7. The van der Waals surface area contributed by atoms with Crippen molar-refractivity contribution >= 4 is 40.1 Å². The Balaban J connectivity index is 1.47. The van der Waals surface area contributed by atoms with E-state index in [1.807, 2.05) is 45.2 Å². The van der Waals surface area contributed by atoms with Crippen molar-refractivity contribution in [3.63, 3.8) is 0 Å². The minimum Gasteiger partial charge on any atom is -0.354 e. The predicted molar refractivity (Wildman–Crippen MR) is 144 cm³/mol. The van der Waals surface area contributed by atoms with Gasteiger partial charge >= 0.3 is 0 Å². The average Bonchev–Trinajstić information content (AvgIpc) is 3.15. The zero-order chi connectivity index (χ0) is 25.7. The van der Waals surface area contributed by atoms with Crippen molar-refractivity contribution in [1.82, 2.24) is 29.6 Å². The number of amides is 1. The van der Waals surface area contributed by atoms with E-state index >= 15 is 0 Å². The summed E-state index contributed by atoms with van der Waals surface area (Å²) in [6.07, 6.45) is 7.22. The standard InChI is InChI=1S/C26H33N9O/c1-17-12-19(15-27-14-17)25(36)30-20-9-8-18(2)22(13-20)31-23-21-16-29-26(32-24(21)35(5)33-23)28-10-6-7-11-34(3)4/h8-9,12-16H,6-7,10-11H2,1-5H3,(H,30,36)(H,31,33)(H,28,29,32). The third kappa shape index (κ3) is 6.14. The second kappa shape index (κ2) is 11.1. The van der Waals surface area contributed by atoms with Gasteiger partial charge in [0.15, 0.2) is 11.5 Å². The minimum atomic E-state index is -0.209. The molecule has 0 saturated heterocycles. The SMILES string of the molecule is Cc1cncc(C(=O)Nc2ccc(C)c(Nc3nn(C)c4nc(NCCCCN(C)C)ncc34)c2)c1. The Kier molecular flexibility index (Phi) is 7.74. The first-order valence-electron chi connectivity index (χ1n) is 12.0. The summed E-state index contributed by atoms with van der Waals surface area (Å²) in [7, 11) is 6.02. The molecule has 3 N–H and O–H groups in total. The largest absolute Gasteiger partial charge is 0.354 e. The number of aryl methyl sites for hydroxylation is 3. The molecule has 10 heteroatoms. The fourth-order valence-corrected chi connectivity index (χ4v) is 3.81. The summed E-state index contributed by atoms with van der Waals surface area (Å²) >= 11 is 0. The molecule has 3 heterocycles. The van der Waals surface area contributed by atoms with E-state index in [4.69, 9.17) is 0 Å². The highest BCUT2D eigenvalue weighted by Crippen LogP contribution is 2.28. The molecule has 0 aliphatic heterocycles. The van der Waals surface area contributed by atoms with Crippen molar-refractivity contribution in [3.8, 4) is 0 Å². The number of carbonyl (C=O) groups is 1. The van der Waals surface area contributed by atoms with E-state index < -0.39 is 0 Å². The van der Waals surface area contributed by atoms with Gasteiger partial charge in [-0.15, -0.1) is 0 Å². The molecule has 0 spiro atoms. The van der Waals surface area contributed by atoms with Crippen molar-refractivity contribution in [3.05, 3.63) is 59.5 Å². The number of rotatable bonds is 10. The monoisotopic (exact) mass is 487 g/mol. The van der Waals surface area contributed by atoms with Crippen molar-refractivity contribution in [1.29, 1.82) is 0 Å². The Hall–Kier alpha value is -4.05. The van der Waals surface area contributed by atoms with Gasteiger partial charge < -0.3 is 20.9 Å². The first-order chi connectivity index (χ1) is 17.3. The minimum absolute atomic E-state index is 0.209. The Bertz CT molecular complexity index is 1360. The molecule has 36 heavy (non-hydrogen) atoms. The molecule has 10 nitrogen and oxygen atoms in total. The molecule has 4 aromatic rings. The smallest absolute Gasteiger partial charge is 0.257 e. The molecule has 0 atom stereocenters. The van der Waals surface area contributed by atoms with Gasteiger partial charge in [0, 0.05) is 43.6 Å². The summed E-state index contributed by atoms with van der Waals surface area (Å²) in [5.41, 5.74) is 4.70. The summed E-state index contributed by atoms with van der Waals surface area (Å²) in [4.78, 5) is 28.1. The van der Waals surface area contributed by atoms with Crippen molar-refractivity contribution in [2.75, 3.05) is 43.1 Å². The first kappa shape index (κ1) is 25.1. The van der Waals surface area contributed by atoms with Crippen LogP contribution in [-0.2, 0) is 7.05 Å². The number of aromatic nitrogens is 5. The lowest BCUT2D eigenvalue weighted by Crippen LogP contribution is -2.14. The van der Waals surface area contributed by atoms with Gasteiger partial charge in [0.1, 0.15) is 0 Å². The molecule has 0 aliphatic rings. The molecule has 0 aliphatic carbocycles. The molecule has 0 saturated carbocycles. The van der Waals surface area contributed by atoms with Gasteiger partial charge in [-0.3, -0.25) is 9.78 Å². The fourth-order valence-electron chi connectivity index (χ4n) is 3.81. The number of carbonyl (C=O) groups excluding carboxylic acids is 1. The van der Waals surface area contributed by atoms with Crippen LogP contribution in [0.1, 0.15) is 34.3 Å². The Morgan fingerprint density at radius 2 is 1.92 bits per heavy atom. The van der Waals surface area contributed by atoms with Gasteiger partial charge in [0.05, 0.1) is 10.9 Å². The van der Waals surface area contributed by atoms with Crippen LogP contribution in [0.4, 0.5) is 23.1 Å². The zero-order valence-electron chi connectivity index (χ0n) is 21.5. The van der Waals surface area contributed by atoms with E-state index in [0.717, 1.165) is 53.8 Å². The highest BCUT2D eigenvalue weighted by Gasteiger charge is 2.14. The maximum Gasteiger partial charge on any atom is 0.257 e. The molecule has 0 unspecified atom stereocenters. The number of pyridine rings is 1. The molecular formula is C26H33N9O. The third-order valence-corrected chi connectivity index (χ3v) is 5.78. The molecule has 0 fully saturated rings. The van der Waals surface area contributed by atoms with Crippen LogP contribution in [0, 0.1) is 13.8 Å². The second-order valence-electron chi connectivity index (χ2n) is 9.20. The molecule has 3 aromatic heterocycles. The molecule has 4 rings (SSSR count). The average molecular weight is 488 g/mol. The van der Waals surface area contributed by atoms with Crippen LogP contribution in [-0.4, -0.2) is 62.7 Å². The van der Waals surface area contributed by atoms with E-state index in [1.54, 1.807) is 23.3 Å². The van der Waals surface area contributed by atoms with Gasteiger partial charge in [-0.25, -0.2) is 9.67 Å². The van der Waals surface area contributed by atoms with E-state index in [-0.39, 0.29) is 5.91 Å². The van der Waals surface area contributed by atoms with Crippen LogP contribution < -0.4 is 16.0 Å². The Labute approximate surface area is 211 Å². The van der Waals surface area contributed by atoms with Gasteiger partial charge in [-0.05, 0) is 76.7 Å². The molecule has 0 radical (unpaired) electrons. The molecular weight excluding hydrogens is 454 g/mol. The number of hydrogen-bond donors (Lipinski definition) is 3. The molecule has 0 bridgehead atoms. The van der Waals surface area contributed by atoms with E-state index in [1.165, 1.54) is 0 Å². The van der Waals surface area contributed by atoms with Crippen molar-refractivity contribution in [2.24, 2.45) is 7.05 Å². The highest BCUT2D eigenvalue weighted by atomic mass is 16.1. The summed E-state index contributed by atoms with van der Waals surface area (Å²) in [5.74, 6) is 1.03. The molecule has 1 amide bonds. The lowest BCUT2D eigenvalue weighted by atomic mass is 10.1. The number of unbranched alkanes of at least 4 members (excludes halogenated alkanes) is 1. The number of nitrogens with one attached hydrogen (secondary N) is 3. The van der Waals surface area contributed by atoms with E-state index in [0.29, 0.717) is 23.0 Å². The first-order valence-corrected chi connectivity index (χ1v) is 12.0. The normalized spacial score (nSPS) is 11.2. The second-order valence-corrected chi connectivity index (χ2v) is 9.20. The van der Waals surface area contributed by atoms with Gasteiger partial charge in [-0.1, -0.05) is 6.07 Å². The summed E-state index contributed by atoms with van der Waals surface area (Å²) in [6, 6.07) is 7.52.